The molecule has 2 aliphatic rings. The molecule has 0 unspecified atom stereocenters. The second kappa shape index (κ2) is 7.07. The Balaban J connectivity index is 1.43. The molecule has 0 aliphatic carbocycles. The molecular weight excluding hydrogens is 326 g/mol. The Bertz CT molecular complexity index is 915. The maximum Gasteiger partial charge on any atom is 0.309 e. The molecule has 4 nitrogen and oxygen atoms in total. The molecule has 0 aromatic heterocycles. The first kappa shape index (κ1) is 16.4. The Morgan fingerprint density at radius 1 is 1.12 bits per heavy atom. The quantitative estimate of drug-likeness (QED) is 0.869. The van der Waals surface area contributed by atoms with Gasteiger partial charge in [-0.1, -0.05) is 36.1 Å². The summed E-state index contributed by atoms with van der Waals surface area (Å²) in [5.41, 5.74) is 4.13. The first-order valence-electron chi connectivity index (χ1n) is 8.66. The van der Waals surface area contributed by atoms with Crippen molar-refractivity contribution in [2.24, 2.45) is 5.92 Å². The highest BCUT2D eigenvalue weighted by Crippen LogP contribution is 2.28. The van der Waals surface area contributed by atoms with Crippen LogP contribution < -0.4 is 4.74 Å². The molecule has 2 heterocycles. The number of aliphatic carboxylic acids is 1. The highest BCUT2D eigenvalue weighted by atomic mass is 16.5. The van der Waals surface area contributed by atoms with Crippen LogP contribution in [0, 0.1) is 17.8 Å². The van der Waals surface area contributed by atoms with E-state index < -0.39 is 5.97 Å². The van der Waals surface area contributed by atoms with Gasteiger partial charge in [0.05, 0.1) is 5.92 Å². The van der Waals surface area contributed by atoms with Gasteiger partial charge in [0, 0.05) is 36.3 Å². The van der Waals surface area contributed by atoms with Gasteiger partial charge in [-0.15, -0.1) is 0 Å². The number of carboxylic acids is 1. The largest absolute Gasteiger partial charge is 0.489 e. The van der Waals surface area contributed by atoms with Gasteiger partial charge in [0.2, 0.25) is 0 Å². The fourth-order valence-corrected chi connectivity index (χ4v) is 3.19. The lowest BCUT2D eigenvalue weighted by Crippen LogP contribution is -2.51. The summed E-state index contributed by atoms with van der Waals surface area (Å²) in [6, 6.07) is 15.9. The smallest absolute Gasteiger partial charge is 0.309 e. The average Bonchev–Trinajstić information content (AvgIpc) is 2.63. The van der Waals surface area contributed by atoms with Crippen LogP contribution in [0.25, 0.3) is 6.08 Å². The molecular formula is C22H19NO3. The number of ether oxygens (including phenoxy) is 1. The van der Waals surface area contributed by atoms with E-state index in [9.17, 15) is 4.79 Å². The van der Waals surface area contributed by atoms with Crippen molar-refractivity contribution in [2.75, 3.05) is 26.2 Å². The third-order valence-electron chi connectivity index (χ3n) is 4.64. The van der Waals surface area contributed by atoms with E-state index in [2.05, 4.69) is 22.8 Å². The number of rotatable bonds is 3. The number of benzene rings is 2. The lowest BCUT2D eigenvalue weighted by atomic mass is 9.98. The third-order valence-corrected chi connectivity index (χ3v) is 4.64. The van der Waals surface area contributed by atoms with Crippen molar-refractivity contribution < 1.29 is 14.6 Å². The molecule has 2 aromatic rings. The molecule has 0 amide bonds. The van der Waals surface area contributed by atoms with Crippen LogP contribution in [0.5, 0.6) is 5.75 Å². The van der Waals surface area contributed by atoms with Gasteiger partial charge in [0.15, 0.2) is 0 Å². The fraction of sp³-hybridized carbons (Fsp3) is 0.227. The van der Waals surface area contributed by atoms with Gasteiger partial charge in [-0.2, -0.15) is 0 Å². The number of likely N-dealkylation sites (tertiary alicyclic amines) is 1. The summed E-state index contributed by atoms with van der Waals surface area (Å²) in [5, 5.41) is 8.95. The zero-order chi connectivity index (χ0) is 17.9. The number of fused-ring (bicyclic) bond motifs is 1. The predicted molar refractivity (Wildman–Crippen MR) is 99.9 cm³/mol. The molecule has 130 valence electrons. The summed E-state index contributed by atoms with van der Waals surface area (Å²) in [6.07, 6.45) is 2.14. The zero-order valence-electron chi connectivity index (χ0n) is 14.3. The van der Waals surface area contributed by atoms with Gasteiger partial charge >= 0.3 is 5.97 Å². The van der Waals surface area contributed by atoms with E-state index in [1.807, 2.05) is 48.5 Å². The molecule has 1 saturated heterocycles. The molecule has 0 spiro atoms. The Labute approximate surface area is 152 Å². The predicted octanol–water partition coefficient (Wildman–Crippen LogP) is 2.88. The van der Waals surface area contributed by atoms with Crippen LogP contribution in [0.4, 0.5) is 0 Å². The molecule has 1 N–H and O–H groups in total. The van der Waals surface area contributed by atoms with Gasteiger partial charge in [0.1, 0.15) is 12.4 Å². The molecule has 4 heteroatoms. The van der Waals surface area contributed by atoms with E-state index >= 15 is 0 Å². The Morgan fingerprint density at radius 3 is 2.65 bits per heavy atom. The zero-order valence-corrected chi connectivity index (χ0v) is 14.3. The Hall–Kier alpha value is -3.03. The van der Waals surface area contributed by atoms with E-state index in [1.54, 1.807) is 0 Å². The maximum atomic E-state index is 10.9. The minimum atomic E-state index is -0.704. The summed E-state index contributed by atoms with van der Waals surface area (Å²) in [7, 11) is 0. The molecule has 1 fully saturated rings. The van der Waals surface area contributed by atoms with Crippen LogP contribution >= 0.6 is 0 Å². The van der Waals surface area contributed by atoms with E-state index in [-0.39, 0.29) is 5.92 Å². The Morgan fingerprint density at radius 2 is 1.88 bits per heavy atom. The molecule has 0 saturated carbocycles. The summed E-state index contributed by atoms with van der Waals surface area (Å²) in [5.74, 6) is 6.25. The third kappa shape index (κ3) is 3.63. The molecule has 0 bridgehead atoms. The van der Waals surface area contributed by atoms with Crippen molar-refractivity contribution >= 4 is 12.0 Å². The van der Waals surface area contributed by atoms with Gasteiger partial charge in [0.25, 0.3) is 0 Å². The summed E-state index contributed by atoms with van der Waals surface area (Å²) < 4.78 is 5.89. The molecule has 26 heavy (non-hydrogen) atoms. The van der Waals surface area contributed by atoms with Gasteiger partial charge in [-0.25, -0.2) is 0 Å². The van der Waals surface area contributed by atoms with Crippen LogP contribution in [0.3, 0.4) is 0 Å². The first-order chi connectivity index (χ1) is 12.7. The van der Waals surface area contributed by atoms with Crippen molar-refractivity contribution in [1.29, 1.82) is 0 Å². The highest BCUT2D eigenvalue weighted by Gasteiger charge is 2.32. The van der Waals surface area contributed by atoms with Crippen molar-refractivity contribution in [2.45, 2.75) is 0 Å². The summed E-state index contributed by atoms with van der Waals surface area (Å²) >= 11 is 0. The van der Waals surface area contributed by atoms with E-state index in [4.69, 9.17) is 9.84 Å². The monoisotopic (exact) mass is 345 g/mol. The number of carbonyl (C=O) groups is 1. The van der Waals surface area contributed by atoms with Crippen LogP contribution in [-0.4, -0.2) is 42.2 Å². The lowest BCUT2D eigenvalue weighted by molar-refractivity contribution is -0.147. The number of nitrogens with zero attached hydrogens (tertiary/aromatic N) is 1. The van der Waals surface area contributed by atoms with Crippen LogP contribution in [0.1, 0.15) is 16.7 Å². The SMILES string of the molecule is O=C(O)C1CN(CC2=Cc3ccc(C#Cc4ccccc4)cc3OC2)C1. The minimum absolute atomic E-state index is 0.224. The van der Waals surface area contributed by atoms with Crippen molar-refractivity contribution in [3.05, 3.63) is 70.8 Å². The number of carboxylic acid groups (broad SMARTS) is 1. The molecule has 4 rings (SSSR count). The summed E-state index contributed by atoms with van der Waals surface area (Å²) in [4.78, 5) is 13.0. The molecule has 2 aromatic carbocycles. The number of hydrogen-bond donors (Lipinski definition) is 1. The molecule has 2 aliphatic heterocycles. The average molecular weight is 345 g/mol. The van der Waals surface area contributed by atoms with Crippen LogP contribution in [0.2, 0.25) is 0 Å². The highest BCUT2D eigenvalue weighted by molar-refractivity contribution is 5.71. The van der Waals surface area contributed by atoms with Crippen LogP contribution in [-0.2, 0) is 4.79 Å². The lowest BCUT2D eigenvalue weighted by Gasteiger charge is -2.37. The molecule has 0 radical (unpaired) electrons. The van der Waals surface area contributed by atoms with Gasteiger partial charge in [-0.3, -0.25) is 9.69 Å². The van der Waals surface area contributed by atoms with E-state index in [0.717, 1.165) is 29.0 Å². The van der Waals surface area contributed by atoms with Gasteiger partial charge in [-0.05, 0) is 35.9 Å². The Kier molecular flexibility index (Phi) is 4.47. The normalized spacial score (nSPS) is 16.4. The van der Waals surface area contributed by atoms with Gasteiger partial charge < -0.3 is 9.84 Å². The molecule has 0 atom stereocenters. The van der Waals surface area contributed by atoms with E-state index in [0.29, 0.717) is 19.7 Å². The maximum absolute atomic E-state index is 10.9. The topological polar surface area (TPSA) is 49.8 Å². The second-order valence-corrected chi connectivity index (χ2v) is 6.69. The van der Waals surface area contributed by atoms with Crippen molar-refractivity contribution in [3.63, 3.8) is 0 Å². The number of hydrogen-bond acceptors (Lipinski definition) is 3. The van der Waals surface area contributed by atoms with Crippen molar-refractivity contribution in [3.8, 4) is 17.6 Å². The van der Waals surface area contributed by atoms with Crippen LogP contribution in [0.15, 0.2) is 54.1 Å². The minimum Gasteiger partial charge on any atom is -0.489 e. The van der Waals surface area contributed by atoms with Crippen molar-refractivity contribution in [1.82, 2.24) is 4.90 Å². The van der Waals surface area contributed by atoms with E-state index in [1.165, 1.54) is 5.57 Å². The second-order valence-electron chi connectivity index (χ2n) is 6.69. The fourth-order valence-electron chi connectivity index (χ4n) is 3.19. The first-order valence-corrected chi connectivity index (χ1v) is 8.66. The standard InChI is InChI=1S/C22H19NO3/c24-22(25)20-13-23(14-20)12-18-10-19-9-8-17(11-21(19)26-15-18)7-6-16-4-2-1-3-5-16/h1-5,8-11,20H,12-15H2,(H,24,25). The summed E-state index contributed by atoms with van der Waals surface area (Å²) in [6.45, 7) is 2.54.